The zero-order valence-corrected chi connectivity index (χ0v) is 11.5. The van der Waals surface area contributed by atoms with E-state index in [4.69, 9.17) is 11.8 Å². The number of carbonyl (C=O) groups is 1. The van der Waals surface area contributed by atoms with E-state index in [1.54, 1.807) is 0 Å². The van der Waals surface area contributed by atoms with Crippen LogP contribution >= 0.6 is 6.42 Å². The summed E-state index contributed by atoms with van der Waals surface area (Å²) < 4.78 is 4.69. The largest absolute Gasteiger partial charge is 0.468 e. The number of benzene rings is 1. The fourth-order valence-corrected chi connectivity index (χ4v) is 2.62. The van der Waals surface area contributed by atoms with Gasteiger partial charge in [0.05, 0.1) is 7.11 Å². The molecule has 1 unspecified atom stereocenters. The molecule has 0 aliphatic heterocycles. The van der Waals surface area contributed by atoms with Gasteiger partial charge in [0.15, 0.2) is 0 Å². The van der Waals surface area contributed by atoms with Gasteiger partial charge in [-0.05, 0) is 12.0 Å². The summed E-state index contributed by atoms with van der Waals surface area (Å²) in [6.07, 6.45) is -2.20. The van der Waals surface area contributed by atoms with Crippen molar-refractivity contribution in [2.24, 2.45) is 0 Å². The zero-order chi connectivity index (χ0) is 12.9. The lowest BCUT2D eigenvalue weighted by molar-refractivity contribution is -0.142. The minimum absolute atomic E-state index is 0.418. The van der Waals surface area contributed by atoms with Gasteiger partial charge in [-0.2, -0.15) is 0 Å². The van der Waals surface area contributed by atoms with E-state index < -0.39 is 18.4 Å². The lowest BCUT2D eigenvalue weighted by atomic mass is 10.1. The molecule has 0 heterocycles. The van der Waals surface area contributed by atoms with Crippen LogP contribution < -0.4 is 5.09 Å². The Bertz CT molecular complexity index is 418. The highest BCUT2D eigenvalue weighted by Crippen LogP contribution is 2.31. The first kappa shape index (κ1) is 14.3. The van der Waals surface area contributed by atoms with Gasteiger partial charge >= 0.3 is 5.97 Å². The number of ether oxygens (including phenoxy) is 1. The van der Waals surface area contributed by atoms with Gasteiger partial charge < -0.3 is 9.63 Å². The van der Waals surface area contributed by atoms with Crippen molar-refractivity contribution in [3.63, 3.8) is 0 Å². The molecule has 2 N–H and O–H groups in total. The molecule has 1 rings (SSSR count). The van der Waals surface area contributed by atoms with Crippen molar-refractivity contribution in [3.8, 4) is 0 Å². The highest BCUT2D eigenvalue weighted by Gasteiger charge is 2.23. The first-order valence-corrected chi connectivity index (χ1v) is 8.32. The number of hydrogen-bond donors (Lipinski definition) is 2. The lowest BCUT2D eigenvalue weighted by Gasteiger charge is -2.20. The van der Waals surface area contributed by atoms with Crippen molar-refractivity contribution in [1.29, 1.82) is 0 Å². The molecule has 0 aromatic heterocycles. The van der Waals surface area contributed by atoms with E-state index in [1.165, 1.54) is 13.8 Å². The Morgan fingerprint density at radius 2 is 2.12 bits per heavy atom. The maximum atomic E-state index is 11.6. The molecule has 94 valence electrons. The molecule has 0 saturated carbocycles. The molecule has 0 radical (unpaired) electrons. The highest BCUT2D eigenvalue weighted by atomic mass is 32.4. The topological polar surface area (TPSA) is 58.6 Å². The summed E-state index contributed by atoms with van der Waals surface area (Å²) in [5.41, 5.74) is 0.985. The van der Waals surface area contributed by atoms with Crippen molar-refractivity contribution in [2.75, 3.05) is 13.8 Å². The maximum absolute atomic E-state index is 11.6. The summed E-state index contributed by atoms with van der Waals surface area (Å²) in [5, 5.41) is 2.76. The standard InChI is InChI=1S/C11H16NO3PS/c1-15-11(13)10(12-16(2,14)17)8-9-6-4-3-5-7-9/h3-7,10H,8H2,1-2H3,(H2,12,14,17)/t10-,16?/m0/s1. The number of rotatable bonds is 5. The van der Waals surface area contributed by atoms with Crippen LogP contribution in [0, 0.1) is 0 Å². The SMILES string of the molecule is COC(=O)[C@H](Cc1ccccc1)NP(C)(O)=S. The molecule has 0 fully saturated rings. The third kappa shape index (κ3) is 5.41. The molecule has 2 atom stereocenters. The first-order chi connectivity index (χ1) is 7.92. The average Bonchev–Trinajstić information content (AvgIpc) is 2.27. The van der Waals surface area contributed by atoms with Crippen LogP contribution in [0.2, 0.25) is 0 Å². The maximum Gasteiger partial charge on any atom is 0.323 e. The number of methoxy groups -OCH3 is 1. The number of nitrogens with one attached hydrogen (secondary N) is 1. The molecule has 17 heavy (non-hydrogen) atoms. The summed E-state index contributed by atoms with van der Waals surface area (Å²) in [7, 11) is 1.32. The molecule has 6 heteroatoms. The van der Waals surface area contributed by atoms with Crippen LogP contribution in [0.1, 0.15) is 5.56 Å². The van der Waals surface area contributed by atoms with E-state index in [2.05, 4.69) is 9.82 Å². The van der Waals surface area contributed by atoms with Crippen molar-refractivity contribution in [1.82, 2.24) is 5.09 Å². The van der Waals surface area contributed by atoms with Crippen LogP contribution in [0.4, 0.5) is 0 Å². The molecular formula is C11H16NO3PS. The van der Waals surface area contributed by atoms with Crippen molar-refractivity contribution in [3.05, 3.63) is 35.9 Å². The minimum Gasteiger partial charge on any atom is -0.468 e. The normalized spacial score (nSPS) is 15.9. The Morgan fingerprint density at radius 1 is 1.53 bits per heavy atom. The number of esters is 1. The van der Waals surface area contributed by atoms with Gasteiger partial charge in [-0.3, -0.25) is 9.88 Å². The predicted octanol–water partition coefficient (Wildman–Crippen LogP) is 1.29. The average molecular weight is 273 g/mol. The Hall–Kier alpha value is -0.740. The van der Waals surface area contributed by atoms with Gasteiger partial charge in [-0.25, -0.2) is 0 Å². The van der Waals surface area contributed by atoms with Crippen LogP contribution in [0.15, 0.2) is 30.3 Å². The van der Waals surface area contributed by atoms with Gasteiger partial charge in [0, 0.05) is 6.66 Å². The van der Waals surface area contributed by atoms with Gasteiger partial charge in [-0.15, -0.1) is 0 Å². The van der Waals surface area contributed by atoms with Crippen LogP contribution in [0.25, 0.3) is 0 Å². The Balaban J connectivity index is 2.78. The first-order valence-electron chi connectivity index (χ1n) is 5.12. The van der Waals surface area contributed by atoms with E-state index in [0.29, 0.717) is 6.42 Å². The number of carbonyl (C=O) groups excluding carboxylic acids is 1. The van der Waals surface area contributed by atoms with E-state index in [9.17, 15) is 9.69 Å². The van der Waals surface area contributed by atoms with Crippen molar-refractivity contribution in [2.45, 2.75) is 12.5 Å². The molecule has 4 nitrogen and oxygen atoms in total. The predicted molar refractivity (Wildman–Crippen MR) is 71.5 cm³/mol. The molecule has 0 amide bonds. The van der Waals surface area contributed by atoms with E-state index in [0.717, 1.165) is 5.56 Å². The van der Waals surface area contributed by atoms with Gasteiger partial charge in [-0.1, -0.05) is 42.1 Å². The molecule has 0 spiro atoms. The molecule has 0 bridgehead atoms. The molecule has 1 aromatic rings. The van der Waals surface area contributed by atoms with Crippen LogP contribution in [0.5, 0.6) is 0 Å². The van der Waals surface area contributed by atoms with Crippen LogP contribution in [0.3, 0.4) is 0 Å². The molecule has 0 aliphatic carbocycles. The fourth-order valence-electron chi connectivity index (χ4n) is 1.46. The highest BCUT2D eigenvalue weighted by molar-refractivity contribution is 8.10. The van der Waals surface area contributed by atoms with Gasteiger partial charge in [0.25, 0.3) is 0 Å². The summed E-state index contributed by atoms with van der Waals surface area (Å²) >= 11 is 4.89. The second-order valence-corrected chi connectivity index (χ2v) is 7.92. The van der Waals surface area contributed by atoms with E-state index in [1.807, 2.05) is 30.3 Å². The Kier molecular flexibility index (Phi) is 5.28. The Labute approximate surface area is 106 Å². The second-order valence-electron chi connectivity index (χ2n) is 3.77. The van der Waals surface area contributed by atoms with Gasteiger partial charge in [0.1, 0.15) is 12.5 Å². The van der Waals surface area contributed by atoms with Crippen LogP contribution in [-0.4, -0.2) is 30.7 Å². The molecular weight excluding hydrogens is 257 g/mol. The van der Waals surface area contributed by atoms with Crippen molar-refractivity contribution < 1.29 is 14.4 Å². The smallest absolute Gasteiger partial charge is 0.323 e. The Morgan fingerprint density at radius 3 is 2.59 bits per heavy atom. The summed E-state index contributed by atoms with van der Waals surface area (Å²) in [6, 6.07) is 8.90. The third-order valence-electron chi connectivity index (χ3n) is 2.16. The summed E-state index contributed by atoms with van der Waals surface area (Å²) in [6.45, 7) is 1.52. The second kappa shape index (κ2) is 6.26. The molecule has 1 aromatic carbocycles. The summed E-state index contributed by atoms with van der Waals surface area (Å²) in [4.78, 5) is 21.2. The molecule has 0 saturated heterocycles. The quantitative estimate of drug-likeness (QED) is 0.625. The lowest BCUT2D eigenvalue weighted by Crippen LogP contribution is -2.37. The monoisotopic (exact) mass is 273 g/mol. The van der Waals surface area contributed by atoms with Crippen molar-refractivity contribution >= 4 is 24.2 Å². The minimum atomic E-state index is -2.64. The zero-order valence-electron chi connectivity index (χ0n) is 9.79. The third-order valence-corrected chi connectivity index (χ3v) is 3.27. The number of hydrogen-bond acceptors (Lipinski definition) is 3. The van der Waals surface area contributed by atoms with E-state index >= 15 is 0 Å². The van der Waals surface area contributed by atoms with Crippen LogP contribution in [-0.2, 0) is 27.8 Å². The van der Waals surface area contributed by atoms with Gasteiger partial charge in [0.2, 0.25) is 0 Å². The summed E-state index contributed by atoms with van der Waals surface area (Å²) in [5.74, 6) is -0.418. The molecule has 0 aliphatic rings. The van der Waals surface area contributed by atoms with E-state index in [-0.39, 0.29) is 0 Å². The fraction of sp³-hybridized carbons (Fsp3) is 0.364.